The van der Waals surface area contributed by atoms with Crippen molar-refractivity contribution in [3.05, 3.63) is 142 Å². The SMILES string of the molecule is O=C(NC(c1cccc(F)c1)c1cccc(OCCCCCCNC[C@H](O)c2ccc(O)c3[nH]c(=O)ccc23)c1)O[C@H]1C[N+]2(CC(=O)c3ccccc3)CCC1CC2. The van der Waals surface area contributed by atoms with Crippen LogP contribution in [0.3, 0.4) is 0 Å². The number of unbranched alkanes of at least 4 members (excludes halogenated alkanes) is 3. The van der Waals surface area contributed by atoms with E-state index in [9.17, 15) is 29.0 Å². The first-order valence-electron chi connectivity index (χ1n) is 20.3. The average Bonchev–Trinajstić information content (AvgIpc) is 3.23. The number of H-pyrrole nitrogens is 1. The van der Waals surface area contributed by atoms with Crippen molar-refractivity contribution in [2.45, 2.75) is 56.8 Å². The van der Waals surface area contributed by atoms with E-state index >= 15 is 0 Å². The van der Waals surface area contributed by atoms with Crippen LogP contribution in [-0.2, 0) is 4.74 Å². The standard InChI is InChI=1S/C46H51FN4O7/c47-35-14-8-12-33(26-35)44(50-46(56)58-42-30-51(23-20-32(42)21-24-51)29-41(54)31-10-4-3-5-11-31)34-13-9-15-36(27-34)57-25-7-2-1-6-22-48-28-40(53)37-16-18-39(52)45-38(37)17-19-43(55)49-45/h3-5,8-19,26-27,32,40,42,44,48,53H,1-2,6-7,20-25,28-30H2,(H2-,49,50,52,55,56)/p+1/t32?,40-,42-,44?,51?/m0/s1. The summed E-state index contributed by atoms with van der Waals surface area (Å²) in [5.41, 5.74) is 2.62. The number of aromatic nitrogens is 1. The van der Waals surface area contributed by atoms with Crippen molar-refractivity contribution < 1.29 is 38.1 Å². The number of phenols is 1. The third kappa shape index (κ3) is 10.1. The Morgan fingerprint density at radius 3 is 2.43 bits per heavy atom. The first kappa shape index (κ1) is 40.6. The van der Waals surface area contributed by atoms with E-state index in [0.717, 1.165) is 63.7 Å². The highest BCUT2D eigenvalue weighted by Gasteiger charge is 2.48. The van der Waals surface area contributed by atoms with Crippen molar-refractivity contribution in [2.75, 3.05) is 45.9 Å². The van der Waals surface area contributed by atoms with Crippen molar-refractivity contribution in [3.63, 3.8) is 0 Å². The molecule has 58 heavy (non-hydrogen) atoms. The summed E-state index contributed by atoms with van der Waals surface area (Å²) in [6.07, 6.45) is 3.73. The molecule has 3 saturated heterocycles. The fraction of sp³-hybridized carbons (Fsp3) is 0.370. The number of carbonyl (C=O) groups excluding carboxylic acids is 2. The van der Waals surface area contributed by atoms with Crippen LogP contribution in [0, 0.1) is 11.7 Å². The molecular formula is C46H52FN4O7+. The fourth-order valence-corrected chi connectivity index (χ4v) is 8.51. The molecule has 3 fully saturated rings. The molecule has 1 aromatic heterocycles. The fourth-order valence-electron chi connectivity index (χ4n) is 8.51. The monoisotopic (exact) mass is 791 g/mol. The number of benzene rings is 4. The summed E-state index contributed by atoms with van der Waals surface area (Å²) in [5.74, 6) is 0.525. The summed E-state index contributed by atoms with van der Waals surface area (Å²) in [6, 6.07) is 28.4. The van der Waals surface area contributed by atoms with Gasteiger partial charge in [0.25, 0.3) is 0 Å². The minimum Gasteiger partial charge on any atom is -0.506 e. The van der Waals surface area contributed by atoms with Crippen LogP contribution in [-0.4, -0.2) is 83.5 Å². The molecule has 3 aliphatic rings. The van der Waals surface area contributed by atoms with Crippen LogP contribution < -0.4 is 20.9 Å². The highest BCUT2D eigenvalue weighted by molar-refractivity contribution is 5.97. The first-order valence-corrected chi connectivity index (χ1v) is 20.3. The number of amides is 1. The van der Waals surface area contributed by atoms with Gasteiger partial charge in [-0.1, -0.05) is 73.5 Å². The van der Waals surface area contributed by atoms with Gasteiger partial charge in [-0.2, -0.15) is 0 Å². The lowest BCUT2D eigenvalue weighted by atomic mass is 9.83. The van der Waals surface area contributed by atoms with E-state index in [4.69, 9.17) is 9.47 Å². The van der Waals surface area contributed by atoms with Gasteiger partial charge in [0.05, 0.1) is 37.4 Å². The normalized spacial score (nSPS) is 19.7. The van der Waals surface area contributed by atoms with Crippen molar-refractivity contribution in [1.29, 1.82) is 0 Å². The molecule has 8 rings (SSSR count). The second-order valence-corrected chi connectivity index (χ2v) is 15.7. The second kappa shape index (κ2) is 18.8. The van der Waals surface area contributed by atoms with Crippen LogP contribution in [0.2, 0.25) is 0 Å². The van der Waals surface area contributed by atoms with E-state index in [0.29, 0.717) is 64.1 Å². The molecule has 4 aromatic carbocycles. The van der Waals surface area contributed by atoms with Gasteiger partial charge in [-0.25, -0.2) is 9.18 Å². The van der Waals surface area contributed by atoms with E-state index in [-0.39, 0.29) is 29.1 Å². The Balaban J connectivity index is 0.879. The largest absolute Gasteiger partial charge is 0.506 e. The number of fused-ring (bicyclic) bond motifs is 4. The summed E-state index contributed by atoms with van der Waals surface area (Å²) in [4.78, 5) is 41.1. The number of rotatable bonds is 18. The maximum Gasteiger partial charge on any atom is 0.408 e. The Morgan fingerprint density at radius 1 is 0.879 bits per heavy atom. The van der Waals surface area contributed by atoms with Crippen molar-refractivity contribution in [2.24, 2.45) is 5.92 Å². The lowest BCUT2D eigenvalue weighted by Gasteiger charge is -2.51. The van der Waals surface area contributed by atoms with Crippen LogP contribution in [0.4, 0.5) is 9.18 Å². The summed E-state index contributed by atoms with van der Waals surface area (Å²) in [7, 11) is 0. The number of hydrogen-bond donors (Lipinski definition) is 5. The van der Waals surface area contributed by atoms with E-state index < -0.39 is 24.1 Å². The number of halogens is 1. The zero-order valence-corrected chi connectivity index (χ0v) is 32.6. The number of aromatic amines is 1. The predicted molar refractivity (Wildman–Crippen MR) is 219 cm³/mol. The van der Waals surface area contributed by atoms with Crippen LogP contribution in [0.1, 0.15) is 77.7 Å². The summed E-state index contributed by atoms with van der Waals surface area (Å²) >= 11 is 0. The quantitative estimate of drug-likeness (QED) is 0.0364. The van der Waals surface area contributed by atoms with Crippen LogP contribution in [0.25, 0.3) is 10.9 Å². The lowest BCUT2D eigenvalue weighted by molar-refractivity contribution is -0.938. The van der Waals surface area contributed by atoms with Gasteiger partial charge in [0, 0.05) is 42.3 Å². The lowest BCUT2D eigenvalue weighted by Crippen LogP contribution is -2.66. The Labute approximate surface area is 337 Å². The Morgan fingerprint density at radius 2 is 1.64 bits per heavy atom. The number of phenolic OH excluding ortho intramolecular Hbond substituents is 1. The van der Waals surface area contributed by atoms with Crippen molar-refractivity contribution in [1.82, 2.24) is 15.6 Å². The Kier molecular flexibility index (Phi) is 13.2. The van der Waals surface area contributed by atoms with Gasteiger partial charge in [-0.3, -0.25) is 9.59 Å². The number of pyridine rings is 1. The molecule has 3 atom stereocenters. The summed E-state index contributed by atoms with van der Waals surface area (Å²) in [6.45, 7) is 4.30. The number of aromatic hydroxyl groups is 1. The second-order valence-electron chi connectivity index (χ2n) is 15.7. The number of quaternary nitrogens is 1. The minimum absolute atomic E-state index is 0.0406. The number of nitrogens with zero attached hydrogens (tertiary/aromatic N) is 1. The molecule has 4 heterocycles. The number of Topliss-reactive ketones (excluding diaryl/α,β-unsaturated/α-hetero) is 1. The molecule has 0 spiro atoms. The maximum absolute atomic E-state index is 14.5. The zero-order chi connectivity index (χ0) is 40.5. The number of piperidine rings is 3. The topological polar surface area (TPSA) is 150 Å². The van der Waals surface area contributed by atoms with E-state index in [1.807, 2.05) is 54.6 Å². The minimum atomic E-state index is -0.804. The summed E-state index contributed by atoms with van der Waals surface area (Å²) < 4.78 is 27.3. The molecule has 0 radical (unpaired) electrons. The van der Waals surface area contributed by atoms with E-state index in [1.165, 1.54) is 24.3 Å². The molecule has 5 N–H and O–H groups in total. The van der Waals surface area contributed by atoms with Gasteiger partial charge in [0.15, 0.2) is 6.10 Å². The molecule has 0 saturated carbocycles. The summed E-state index contributed by atoms with van der Waals surface area (Å²) in [5, 5.41) is 27.8. The predicted octanol–water partition coefficient (Wildman–Crippen LogP) is 6.94. The highest BCUT2D eigenvalue weighted by Crippen LogP contribution is 2.36. The van der Waals surface area contributed by atoms with Crippen molar-refractivity contribution in [3.8, 4) is 11.5 Å². The number of aliphatic hydroxyl groups excluding tert-OH is 1. The van der Waals surface area contributed by atoms with Crippen LogP contribution in [0.5, 0.6) is 11.5 Å². The number of carbonyl (C=O) groups is 2. The number of ether oxygens (including phenoxy) is 2. The highest BCUT2D eigenvalue weighted by atomic mass is 19.1. The molecule has 1 unspecified atom stereocenters. The van der Waals surface area contributed by atoms with Crippen LogP contribution in [0.15, 0.2) is 108 Å². The molecule has 12 heteroatoms. The molecule has 5 aromatic rings. The molecule has 2 bridgehead atoms. The third-order valence-corrected chi connectivity index (χ3v) is 11.6. The number of ketones is 1. The number of nitrogens with one attached hydrogen (secondary N) is 3. The van der Waals surface area contributed by atoms with Gasteiger partial charge in [0.1, 0.15) is 30.4 Å². The van der Waals surface area contributed by atoms with Gasteiger partial charge >= 0.3 is 6.09 Å². The molecule has 1 amide bonds. The van der Waals surface area contributed by atoms with Crippen LogP contribution >= 0.6 is 0 Å². The molecule has 0 aliphatic carbocycles. The van der Waals surface area contributed by atoms with E-state index in [2.05, 4.69) is 15.6 Å². The van der Waals surface area contributed by atoms with Gasteiger partial charge in [-0.05, 0) is 72.5 Å². The first-order chi connectivity index (χ1) is 28.2. The van der Waals surface area contributed by atoms with Crippen molar-refractivity contribution >= 4 is 22.8 Å². The van der Waals surface area contributed by atoms with Gasteiger partial charge in [-0.15, -0.1) is 0 Å². The zero-order valence-electron chi connectivity index (χ0n) is 32.6. The third-order valence-electron chi connectivity index (χ3n) is 11.6. The maximum atomic E-state index is 14.5. The average molecular weight is 792 g/mol. The number of hydrogen-bond acceptors (Lipinski definition) is 8. The smallest absolute Gasteiger partial charge is 0.408 e. The number of aliphatic hydroxyl groups is 1. The molecular weight excluding hydrogens is 740 g/mol. The molecule has 3 aliphatic heterocycles. The Hall–Kier alpha value is -5.56. The van der Waals surface area contributed by atoms with Gasteiger partial charge in [0.2, 0.25) is 11.3 Å². The Bertz CT molecular complexity index is 2240. The van der Waals surface area contributed by atoms with Gasteiger partial charge < -0.3 is 39.8 Å². The number of alkyl carbamates (subject to hydrolysis) is 1. The van der Waals surface area contributed by atoms with E-state index in [1.54, 1.807) is 24.3 Å². The molecule has 304 valence electrons. The molecule has 11 nitrogen and oxygen atoms in total.